The van der Waals surface area contributed by atoms with Crippen LogP contribution in [0.2, 0.25) is 5.02 Å². The first-order valence-electron chi connectivity index (χ1n) is 9.09. The summed E-state index contributed by atoms with van der Waals surface area (Å²) in [7, 11) is -2.45. The number of methoxy groups -OCH3 is 1. The fourth-order valence-electron chi connectivity index (χ4n) is 2.89. The number of nitrogens with one attached hydrogen (secondary N) is 1. The van der Waals surface area contributed by atoms with Gasteiger partial charge in [0.25, 0.3) is 10.0 Å². The molecule has 0 aromatic heterocycles. The van der Waals surface area contributed by atoms with E-state index in [-0.39, 0.29) is 4.90 Å². The highest BCUT2D eigenvalue weighted by Gasteiger charge is 2.28. The highest BCUT2D eigenvalue weighted by molar-refractivity contribution is 7.92. The molecule has 0 radical (unpaired) electrons. The maximum absolute atomic E-state index is 13.4. The second-order valence-electron chi connectivity index (χ2n) is 6.49. The Labute approximate surface area is 181 Å². The van der Waals surface area contributed by atoms with E-state index in [1.165, 1.54) is 12.1 Å². The number of benzene rings is 3. The Morgan fingerprint density at radius 1 is 1.00 bits per heavy atom. The minimum atomic E-state index is -4.00. The summed E-state index contributed by atoms with van der Waals surface area (Å²) in [5.41, 5.74) is 1.44. The second-order valence-corrected chi connectivity index (χ2v) is 8.75. The minimum absolute atomic E-state index is 0.0848. The maximum atomic E-state index is 13.4. The molecule has 8 heteroatoms. The standard InChI is InChI=1S/C22H21ClN2O4S/c1-16-20(23)9-6-10-21(16)25(30(27,28)19-7-4-3-5-8-19)15-22(26)24-17-11-13-18(29-2)14-12-17/h3-14H,15H2,1-2H3,(H,24,26). The highest BCUT2D eigenvalue weighted by Crippen LogP contribution is 2.30. The molecule has 0 aliphatic heterocycles. The van der Waals surface area contributed by atoms with Crippen LogP contribution in [0.5, 0.6) is 5.75 Å². The van der Waals surface area contributed by atoms with Gasteiger partial charge in [-0.25, -0.2) is 8.42 Å². The van der Waals surface area contributed by atoms with Crippen LogP contribution < -0.4 is 14.4 Å². The average molecular weight is 445 g/mol. The molecule has 0 unspecified atom stereocenters. The van der Waals surface area contributed by atoms with Gasteiger partial charge in [0, 0.05) is 10.7 Å². The zero-order valence-electron chi connectivity index (χ0n) is 16.5. The Balaban J connectivity index is 1.95. The van der Waals surface area contributed by atoms with Crippen LogP contribution >= 0.6 is 11.6 Å². The molecule has 156 valence electrons. The molecule has 3 aromatic rings. The van der Waals surface area contributed by atoms with Crippen LogP contribution in [0, 0.1) is 6.92 Å². The first kappa shape index (κ1) is 21.7. The smallest absolute Gasteiger partial charge is 0.264 e. The van der Waals surface area contributed by atoms with E-state index in [0.29, 0.717) is 27.7 Å². The number of amides is 1. The number of ether oxygens (including phenoxy) is 1. The van der Waals surface area contributed by atoms with Crippen LogP contribution in [0.25, 0.3) is 0 Å². The van der Waals surface area contributed by atoms with Crippen molar-refractivity contribution in [3.63, 3.8) is 0 Å². The van der Waals surface area contributed by atoms with Gasteiger partial charge in [0.1, 0.15) is 12.3 Å². The lowest BCUT2D eigenvalue weighted by atomic mass is 10.2. The lowest BCUT2D eigenvalue weighted by molar-refractivity contribution is -0.114. The van der Waals surface area contributed by atoms with Gasteiger partial charge in [0.15, 0.2) is 0 Å². The number of carbonyl (C=O) groups excluding carboxylic acids is 1. The zero-order chi connectivity index (χ0) is 21.7. The number of anilines is 2. The van der Waals surface area contributed by atoms with E-state index in [0.717, 1.165) is 4.31 Å². The van der Waals surface area contributed by atoms with Crippen LogP contribution in [0.4, 0.5) is 11.4 Å². The third kappa shape index (κ3) is 4.75. The number of carbonyl (C=O) groups is 1. The molecular weight excluding hydrogens is 424 g/mol. The van der Waals surface area contributed by atoms with Gasteiger partial charge in [-0.05, 0) is 61.0 Å². The van der Waals surface area contributed by atoms with E-state index in [1.807, 2.05) is 0 Å². The molecule has 1 N–H and O–H groups in total. The van der Waals surface area contributed by atoms with E-state index in [9.17, 15) is 13.2 Å². The van der Waals surface area contributed by atoms with Crippen LogP contribution in [0.3, 0.4) is 0 Å². The summed E-state index contributed by atoms with van der Waals surface area (Å²) in [6, 6.07) is 19.7. The van der Waals surface area contributed by atoms with Crippen molar-refractivity contribution in [3.05, 3.63) is 83.4 Å². The molecule has 30 heavy (non-hydrogen) atoms. The normalized spacial score (nSPS) is 11.0. The molecule has 0 atom stereocenters. The van der Waals surface area contributed by atoms with Gasteiger partial charge in [-0.2, -0.15) is 0 Å². The van der Waals surface area contributed by atoms with Crippen molar-refractivity contribution >= 4 is 38.9 Å². The second kappa shape index (κ2) is 9.19. The summed E-state index contributed by atoms with van der Waals surface area (Å²) in [4.78, 5) is 12.8. The van der Waals surface area contributed by atoms with Crippen molar-refractivity contribution in [1.29, 1.82) is 0 Å². The first-order valence-corrected chi connectivity index (χ1v) is 10.9. The Kier molecular flexibility index (Phi) is 6.64. The lowest BCUT2D eigenvalue weighted by Crippen LogP contribution is -2.38. The predicted molar refractivity (Wildman–Crippen MR) is 119 cm³/mol. The van der Waals surface area contributed by atoms with Crippen molar-refractivity contribution in [2.24, 2.45) is 0 Å². The zero-order valence-corrected chi connectivity index (χ0v) is 18.1. The molecule has 1 amide bonds. The molecule has 0 fully saturated rings. The highest BCUT2D eigenvalue weighted by atomic mass is 35.5. The van der Waals surface area contributed by atoms with E-state index in [4.69, 9.17) is 16.3 Å². The third-order valence-electron chi connectivity index (χ3n) is 4.50. The Morgan fingerprint density at radius 3 is 2.30 bits per heavy atom. The van der Waals surface area contributed by atoms with Crippen molar-refractivity contribution in [2.45, 2.75) is 11.8 Å². The molecule has 3 rings (SSSR count). The number of rotatable bonds is 7. The summed E-state index contributed by atoms with van der Waals surface area (Å²) >= 11 is 6.21. The number of hydrogen-bond donors (Lipinski definition) is 1. The van der Waals surface area contributed by atoms with E-state index in [1.54, 1.807) is 74.7 Å². The Hall–Kier alpha value is -3.03. The van der Waals surface area contributed by atoms with Gasteiger partial charge in [-0.3, -0.25) is 9.10 Å². The third-order valence-corrected chi connectivity index (χ3v) is 6.68. The van der Waals surface area contributed by atoms with Gasteiger partial charge >= 0.3 is 0 Å². The van der Waals surface area contributed by atoms with Crippen molar-refractivity contribution in [3.8, 4) is 5.75 Å². The van der Waals surface area contributed by atoms with Gasteiger partial charge < -0.3 is 10.1 Å². The summed E-state index contributed by atoms with van der Waals surface area (Å²) < 4.78 is 32.9. The van der Waals surface area contributed by atoms with Gasteiger partial charge in [0.05, 0.1) is 17.7 Å². The minimum Gasteiger partial charge on any atom is -0.497 e. The Bertz CT molecular complexity index is 1130. The summed E-state index contributed by atoms with van der Waals surface area (Å²) in [6.07, 6.45) is 0. The topological polar surface area (TPSA) is 75.7 Å². The molecule has 0 saturated carbocycles. The summed E-state index contributed by atoms with van der Waals surface area (Å²) in [6.45, 7) is 1.30. The van der Waals surface area contributed by atoms with Crippen LogP contribution in [-0.4, -0.2) is 28.0 Å². The lowest BCUT2D eigenvalue weighted by Gasteiger charge is -2.26. The fraction of sp³-hybridized carbons (Fsp3) is 0.136. The number of nitrogens with zero attached hydrogens (tertiary/aromatic N) is 1. The van der Waals surface area contributed by atoms with E-state index >= 15 is 0 Å². The molecule has 0 spiro atoms. The maximum Gasteiger partial charge on any atom is 0.264 e. The van der Waals surface area contributed by atoms with Crippen molar-refractivity contribution < 1.29 is 17.9 Å². The summed E-state index contributed by atoms with van der Waals surface area (Å²) in [5.74, 6) is 0.162. The van der Waals surface area contributed by atoms with Crippen LogP contribution in [0.1, 0.15) is 5.56 Å². The first-order chi connectivity index (χ1) is 14.3. The van der Waals surface area contributed by atoms with E-state index < -0.39 is 22.5 Å². The largest absolute Gasteiger partial charge is 0.497 e. The molecule has 6 nitrogen and oxygen atoms in total. The van der Waals surface area contributed by atoms with Gasteiger partial charge in [0.2, 0.25) is 5.91 Å². The van der Waals surface area contributed by atoms with Crippen molar-refractivity contribution in [1.82, 2.24) is 0 Å². The monoisotopic (exact) mass is 444 g/mol. The Morgan fingerprint density at radius 2 is 1.67 bits per heavy atom. The SMILES string of the molecule is COc1ccc(NC(=O)CN(c2cccc(Cl)c2C)S(=O)(=O)c2ccccc2)cc1. The molecular formula is C22H21ClN2O4S. The molecule has 3 aromatic carbocycles. The number of halogens is 1. The van der Waals surface area contributed by atoms with Crippen molar-refractivity contribution in [2.75, 3.05) is 23.3 Å². The summed E-state index contributed by atoms with van der Waals surface area (Å²) in [5, 5.41) is 3.13. The molecule has 0 aliphatic carbocycles. The van der Waals surface area contributed by atoms with Gasteiger partial charge in [-0.1, -0.05) is 35.9 Å². The van der Waals surface area contributed by atoms with Crippen LogP contribution in [0.15, 0.2) is 77.7 Å². The molecule has 0 heterocycles. The van der Waals surface area contributed by atoms with Gasteiger partial charge in [-0.15, -0.1) is 0 Å². The molecule has 0 saturated heterocycles. The quantitative estimate of drug-likeness (QED) is 0.582. The molecule has 0 bridgehead atoms. The van der Waals surface area contributed by atoms with Crippen LogP contribution in [-0.2, 0) is 14.8 Å². The predicted octanol–water partition coefficient (Wildman–Crippen LogP) is 4.49. The number of sulfonamides is 1. The van der Waals surface area contributed by atoms with E-state index in [2.05, 4.69) is 5.32 Å². The molecule has 0 aliphatic rings. The number of hydrogen-bond acceptors (Lipinski definition) is 4. The fourth-order valence-corrected chi connectivity index (χ4v) is 4.56. The average Bonchev–Trinajstić information content (AvgIpc) is 2.75.